The largest absolute Gasteiger partial charge is 0.480 e. The minimum Gasteiger partial charge on any atom is -0.480 e. The molecule has 0 unspecified atom stereocenters. The molecule has 10 nitrogen and oxygen atoms in total. The summed E-state index contributed by atoms with van der Waals surface area (Å²) in [6.45, 7) is 26.3. The van der Waals surface area contributed by atoms with Crippen molar-refractivity contribution in [2.45, 2.75) is 130 Å². The minimum atomic E-state index is -1.73. The number of nitrogens with one attached hydrogen (secondary N) is 1. The van der Waals surface area contributed by atoms with E-state index >= 15 is 0 Å². The SMILES string of the molecule is CC(C)(C)[Si](C)(C)OCc1ccc(-c2nnc(C3CC3)o2)cc1.CC(C)(C)[Si](C)(C)OCc1ccc(C(=O)NN)cc1.CCOC(=NCl)C1CC1. The van der Waals surface area contributed by atoms with Gasteiger partial charge in [0.25, 0.3) is 5.91 Å². The van der Waals surface area contributed by atoms with Gasteiger partial charge in [-0.2, -0.15) is 0 Å². The molecule has 13 heteroatoms. The molecule has 0 bridgehead atoms. The van der Waals surface area contributed by atoms with E-state index in [0.29, 0.717) is 43.1 Å². The summed E-state index contributed by atoms with van der Waals surface area (Å²) in [4.78, 5) is 11.3. The van der Waals surface area contributed by atoms with Gasteiger partial charge in [-0.3, -0.25) is 10.2 Å². The molecule has 2 aromatic carbocycles. The minimum absolute atomic E-state index is 0.201. The number of nitrogen functional groups attached to an aromatic ring is 1. The Labute approximate surface area is 312 Å². The summed E-state index contributed by atoms with van der Waals surface area (Å²) in [7, 11) is -3.44. The van der Waals surface area contributed by atoms with Gasteiger partial charge in [-0.15, -0.1) is 14.7 Å². The third-order valence-electron chi connectivity index (χ3n) is 10.0. The maximum atomic E-state index is 11.3. The molecule has 0 saturated heterocycles. The average Bonchev–Trinajstić information content (AvgIpc) is 4.04. The molecule has 1 amide bonds. The fourth-order valence-electron chi connectivity index (χ4n) is 4.08. The third kappa shape index (κ3) is 13.2. The highest BCUT2D eigenvalue weighted by atomic mass is 35.5. The number of carbonyl (C=O) groups is 1. The second-order valence-electron chi connectivity index (χ2n) is 16.3. The van der Waals surface area contributed by atoms with Crippen molar-refractivity contribution in [2.24, 2.45) is 16.3 Å². The Morgan fingerprint density at radius 2 is 1.35 bits per heavy atom. The first-order valence-electron chi connectivity index (χ1n) is 17.9. The highest BCUT2D eigenvalue weighted by molar-refractivity contribution is 6.74. The van der Waals surface area contributed by atoms with E-state index in [1.807, 2.05) is 31.2 Å². The number of nitrogens with two attached hydrogens (primary N) is 1. The number of hydrazine groups is 1. The van der Waals surface area contributed by atoms with Crippen LogP contribution in [-0.4, -0.2) is 45.2 Å². The van der Waals surface area contributed by atoms with E-state index in [1.165, 1.54) is 31.2 Å². The number of hydrogen-bond acceptors (Lipinski definition) is 9. The number of benzene rings is 2. The lowest BCUT2D eigenvalue weighted by Gasteiger charge is -2.36. The van der Waals surface area contributed by atoms with Crippen molar-refractivity contribution in [1.29, 1.82) is 0 Å². The molecule has 51 heavy (non-hydrogen) atoms. The van der Waals surface area contributed by atoms with Gasteiger partial charge in [0, 0.05) is 34.7 Å². The molecule has 2 aliphatic rings. The summed E-state index contributed by atoms with van der Waals surface area (Å²) in [6, 6.07) is 15.6. The van der Waals surface area contributed by atoms with Crippen LogP contribution >= 0.6 is 11.8 Å². The molecule has 5 rings (SSSR count). The first-order valence-corrected chi connectivity index (χ1v) is 24.1. The lowest BCUT2D eigenvalue weighted by molar-refractivity contribution is 0.0953. The van der Waals surface area contributed by atoms with Crippen molar-refractivity contribution in [3.8, 4) is 11.5 Å². The predicted molar refractivity (Wildman–Crippen MR) is 211 cm³/mol. The monoisotopic (exact) mass is 757 g/mol. The van der Waals surface area contributed by atoms with Gasteiger partial charge in [0.1, 0.15) is 0 Å². The molecule has 3 N–H and O–H groups in total. The first kappa shape index (κ1) is 42.5. The van der Waals surface area contributed by atoms with Crippen LogP contribution in [0.15, 0.2) is 57.5 Å². The Morgan fingerprint density at radius 3 is 1.75 bits per heavy atom. The number of aromatic nitrogens is 2. The number of halogens is 1. The molecule has 0 spiro atoms. The van der Waals surface area contributed by atoms with Crippen LogP contribution in [0.25, 0.3) is 11.5 Å². The summed E-state index contributed by atoms with van der Waals surface area (Å²) < 4.78 is 26.8. The van der Waals surface area contributed by atoms with Crippen molar-refractivity contribution >= 4 is 40.2 Å². The van der Waals surface area contributed by atoms with Gasteiger partial charge in [-0.05, 0) is 104 Å². The summed E-state index contributed by atoms with van der Waals surface area (Å²) >= 11 is 5.24. The Morgan fingerprint density at radius 1 is 0.863 bits per heavy atom. The van der Waals surface area contributed by atoms with E-state index in [0.717, 1.165) is 22.9 Å². The maximum Gasteiger partial charge on any atom is 0.265 e. The van der Waals surface area contributed by atoms with Gasteiger partial charge in [-0.1, -0.05) is 65.8 Å². The van der Waals surface area contributed by atoms with Crippen molar-refractivity contribution in [3.63, 3.8) is 0 Å². The number of amides is 1. The standard InChI is InChI=1S/C18H26N2O2Si.C14H24N2O2Si.C6H10ClNO/c1-18(2,3)23(4,5)21-12-13-6-8-14(9-7-13)16-19-20-17(22-16)15-10-11-15;1-14(2,3)19(4,5)18-10-11-6-8-12(9-7-11)13(17)16-15;1-2-9-6(8-7)5-3-4-5/h6-9,15H,10-12H2,1-5H3;6-9H,10,15H2,1-5H3,(H,16,17);5H,2-4H2,1H3. The van der Waals surface area contributed by atoms with E-state index < -0.39 is 16.6 Å². The molecule has 3 aromatic rings. The number of hydrogen-bond donors (Lipinski definition) is 2. The molecule has 2 aliphatic carbocycles. The van der Waals surface area contributed by atoms with Crippen LogP contribution in [0.3, 0.4) is 0 Å². The molecule has 0 atom stereocenters. The van der Waals surface area contributed by atoms with Gasteiger partial charge in [0.05, 0.1) is 19.8 Å². The smallest absolute Gasteiger partial charge is 0.265 e. The van der Waals surface area contributed by atoms with E-state index in [2.05, 4.69) is 100.0 Å². The molecule has 282 valence electrons. The van der Waals surface area contributed by atoms with E-state index in [-0.39, 0.29) is 16.0 Å². The van der Waals surface area contributed by atoms with Crippen LogP contribution in [0, 0.1) is 5.92 Å². The summed E-state index contributed by atoms with van der Waals surface area (Å²) in [5.41, 5.74) is 5.89. The lowest BCUT2D eigenvalue weighted by atomic mass is 10.1. The Balaban J connectivity index is 0.000000225. The summed E-state index contributed by atoms with van der Waals surface area (Å²) in [5.74, 6) is 7.95. The van der Waals surface area contributed by atoms with Crippen LogP contribution in [0.1, 0.15) is 107 Å². The van der Waals surface area contributed by atoms with Gasteiger partial charge in [0.15, 0.2) is 16.6 Å². The van der Waals surface area contributed by atoms with Crippen LogP contribution in [0.2, 0.25) is 36.3 Å². The number of rotatable bonds is 11. The highest BCUT2D eigenvalue weighted by Crippen LogP contribution is 2.40. The van der Waals surface area contributed by atoms with Crippen LogP contribution in [0.4, 0.5) is 0 Å². The van der Waals surface area contributed by atoms with Gasteiger partial charge in [-0.25, -0.2) is 5.84 Å². The van der Waals surface area contributed by atoms with Gasteiger partial charge < -0.3 is 18.0 Å². The quantitative estimate of drug-likeness (QED) is 0.0493. The number of carbonyl (C=O) groups excluding carboxylic acids is 1. The Bertz CT molecular complexity index is 1560. The number of nitrogens with zero attached hydrogens (tertiary/aromatic N) is 3. The van der Waals surface area contributed by atoms with E-state index in [4.69, 9.17) is 35.6 Å². The van der Waals surface area contributed by atoms with Gasteiger partial charge >= 0.3 is 0 Å². The summed E-state index contributed by atoms with van der Waals surface area (Å²) in [6.07, 6.45) is 4.72. The van der Waals surface area contributed by atoms with Crippen molar-refractivity contribution in [3.05, 3.63) is 71.1 Å². The molecule has 1 aromatic heterocycles. The zero-order chi connectivity index (χ0) is 38.0. The topological polar surface area (TPSA) is 134 Å². The number of ether oxygens (including phenoxy) is 1. The van der Waals surface area contributed by atoms with Gasteiger partial charge in [0.2, 0.25) is 17.7 Å². The fourth-order valence-corrected chi connectivity index (χ4v) is 6.18. The fraction of sp³-hybridized carbons (Fsp3) is 0.579. The van der Waals surface area contributed by atoms with Crippen molar-refractivity contribution in [1.82, 2.24) is 15.6 Å². The second kappa shape index (κ2) is 18.2. The first-order chi connectivity index (χ1) is 23.8. The lowest BCUT2D eigenvalue weighted by Crippen LogP contribution is -2.40. The van der Waals surface area contributed by atoms with Crippen molar-refractivity contribution in [2.75, 3.05) is 6.61 Å². The Kier molecular flexibility index (Phi) is 15.2. The maximum absolute atomic E-state index is 11.3. The molecule has 0 aliphatic heterocycles. The molecular formula is C38H60ClN5O5Si2. The third-order valence-corrected chi connectivity index (χ3v) is 19.2. The Hall–Kier alpha value is -2.88. The van der Waals surface area contributed by atoms with Crippen LogP contribution in [0.5, 0.6) is 0 Å². The molecule has 0 radical (unpaired) electrons. The summed E-state index contributed by atoms with van der Waals surface area (Å²) in [5, 5.41) is 8.72. The molecule has 2 saturated carbocycles. The molecular weight excluding hydrogens is 698 g/mol. The predicted octanol–water partition coefficient (Wildman–Crippen LogP) is 9.93. The average molecular weight is 759 g/mol. The zero-order valence-corrected chi connectivity index (χ0v) is 35.3. The second-order valence-corrected chi connectivity index (χ2v) is 26.1. The normalized spacial score (nSPS) is 15.3. The molecule has 1 heterocycles. The zero-order valence-electron chi connectivity index (χ0n) is 32.6. The van der Waals surface area contributed by atoms with Crippen LogP contribution in [-0.2, 0) is 26.8 Å². The van der Waals surface area contributed by atoms with E-state index in [1.54, 1.807) is 12.1 Å². The van der Waals surface area contributed by atoms with Crippen molar-refractivity contribution < 1.29 is 22.8 Å². The van der Waals surface area contributed by atoms with E-state index in [9.17, 15) is 4.79 Å². The highest BCUT2D eigenvalue weighted by Gasteiger charge is 2.38. The van der Waals surface area contributed by atoms with Crippen LogP contribution < -0.4 is 11.3 Å². The molecule has 2 fully saturated rings.